The van der Waals surface area contributed by atoms with Gasteiger partial charge in [-0.05, 0) is 62.2 Å². The van der Waals surface area contributed by atoms with E-state index >= 15 is 0 Å². The average molecular weight is 653 g/mol. The lowest BCUT2D eigenvalue weighted by Gasteiger charge is -2.34. The molecular formula is C34H35Cl2N3O4S. The molecule has 0 unspecified atom stereocenters. The van der Waals surface area contributed by atoms with Crippen molar-refractivity contribution in [3.63, 3.8) is 0 Å². The van der Waals surface area contributed by atoms with Crippen LogP contribution in [0.5, 0.6) is 0 Å². The molecule has 7 nitrogen and oxygen atoms in total. The standard InChI is InChI=1S/C34H35Cl2N3O4S/c1-4-37-34(41)32(18-26-10-6-5-7-11-26)38(22-27-12-8-9-25(3)17-27)33(40)23-39(30-20-28(35)19-29(36)21-30)44(42,43)31-15-13-24(2)14-16-31/h5-17,19-21,32H,4,18,22-23H2,1-3H3,(H,37,41)/t32-/m1/s1. The number of sulfonamides is 1. The minimum Gasteiger partial charge on any atom is -0.355 e. The van der Waals surface area contributed by atoms with Crippen LogP contribution in [0.3, 0.4) is 0 Å². The summed E-state index contributed by atoms with van der Waals surface area (Å²) in [7, 11) is -4.26. The number of hydrogen-bond donors (Lipinski definition) is 1. The third kappa shape index (κ3) is 8.40. The molecule has 0 aliphatic carbocycles. The maximum atomic E-state index is 14.4. The number of benzene rings is 4. The summed E-state index contributed by atoms with van der Waals surface area (Å²) in [5, 5.41) is 3.29. The fourth-order valence-corrected chi connectivity index (χ4v) is 6.82. The molecule has 0 aliphatic rings. The molecule has 0 radical (unpaired) electrons. The number of nitrogens with one attached hydrogen (secondary N) is 1. The second-order valence-electron chi connectivity index (χ2n) is 10.6. The molecule has 0 heterocycles. The molecule has 0 aliphatic heterocycles. The van der Waals surface area contributed by atoms with Crippen LogP contribution in [0, 0.1) is 13.8 Å². The molecule has 4 rings (SSSR count). The van der Waals surface area contributed by atoms with Gasteiger partial charge in [0.1, 0.15) is 12.6 Å². The Morgan fingerprint density at radius 2 is 1.43 bits per heavy atom. The molecule has 0 saturated heterocycles. The van der Waals surface area contributed by atoms with Crippen molar-refractivity contribution >= 4 is 50.7 Å². The average Bonchev–Trinajstić information content (AvgIpc) is 2.98. The number of halogens is 2. The van der Waals surface area contributed by atoms with Gasteiger partial charge in [-0.1, -0.05) is 101 Å². The van der Waals surface area contributed by atoms with Gasteiger partial charge in [0.2, 0.25) is 11.8 Å². The Labute approximate surface area is 269 Å². The monoisotopic (exact) mass is 651 g/mol. The van der Waals surface area contributed by atoms with Crippen molar-refractivity contribution < 1.29 is 18.0 Å². The minimum atomic E-state index is -4.26. The van der Waals surface area contributed by atoms with E-state index in [1.54, 1.807) is 12.1 Å². The summed E-state index contributed by atoms with van der Waals surface area (Å²) in [6, 6.07) is 26.9. The number of anilines is 1. The summed E-state index contributed by atoms with van der Waals surface area (Å²) in [5.41, 5.74) is 3.66. The zero-order valence-electron chi connectivity index (χ0n) is 24.8. The number of rotatable bonds is 12. The van der Waals surface area contributed by atoms with Gasteiger partial charge in [-0.25, -0.2) is 8.42 Å². The van der Waals surface area contributed by atoms with E-state index in [4.69, 9.17) is 23.2 Å². The molecule has 0 saturated carbocycles. The summed E-state index contributed by atoms with van der Waals surface area (Å²) in [6.45, 7) is 5.47. The van der Waals surface area contributed by atoms with Crippen LogP contribution in [0.2, 0.25) is 10.0 Å². The number of nitrogens with zero attached hydrogens (tertiary/aromatic N) is 2. The number of amides is 2. The molecule has 230 valence electrons. The Balaban J connectivity index is 1.82. The van der Waals surface area contributed by atoms with Crippen LogP contribution in [0.15, 0.2) is 102 Å². The van der Waals surface area contributed by atoms with Crippen molar-refractivity contribution in [2.24, 2.45) is 0 Å². The van der Waals surface area contributed by atoms with Gasteiger partial charge >= 0.3 is 0 Å². The molecule has 0 fully saturated rings. The van der Waals surface area contributed by atoms with E-state index in [0.717, 1.165) is 26.6 Å². The molecular weight excluding hydrogens is 617 g/mol. The molecule has 1 atom stereocenters. The number of carbonyl (C=O) groups excluding carboxylic acids is 2. The van der Waals surface area contributed by atoms with Crippen molar-refractivity contribution in [1.82, 2.24) is 10.2 Å². The Hall–Kier alpha value is -3.85. The normalized spacial score (nSPS) is 11.9. The lowest BCUT2D eigenvalue weighted by atomic mass is 10.0. The SMILES string of the molecule is CCNC(=O)[C@@H](Cc1ccccc1)N(Cc1cccc(C)c1)C(=O)CN(c1cc(Cl)cc(Cl)c1)S(=O)(=O)c1ccc(C)cc1. The third-order valence-electron chi connectivity index (χ3n) is 7.08. The molecule has 0 spiro atoms. The largest absolute Gasteiger partial charge is 0.355 e. The molecule has 0 bridgehead atoms. The summed E-state index contributed by atoms with van der Waals surface area (Å²) in [4.78, 5) is 29.5. The maximum Gasteiger partial charge on any atom is 0.264 e. The number of aryl methyl sites for hydroxylation is 2. The van der Waals surface area contributed by atoms with Crippen LogP contribution in [-0.2, 0) is 32.6 Å². The number of carbonyl (C=O) groups is 2. The highest BCUT2D eigenvalue weighted by atomic mass is 35.5. The highest BCUT2D eigenvalue weighted by molar-refractivity contribution is 7.92. The molecule has 2 amide bonds. The van der Waals surface area contributed by atoms with Crippen molar-refractivity contribution in [3.8, 4) is 0 Å². The lowest BCUT2D eigenvalue weighted by molar-refractivity contribution is -0.140. The summed E-state index contributed by atoms with van der Waals surface area (Å²) >= 11 is 12.6. The Morgan fingerprint density at radius 3 is 2.05 bits per heavy atom. The van der Waals surface area contributed by atoms with E-state index in [2.05, 4.69) is 5.32 Å². The van der Waals surface area contributed by atoms with Crippen molar-refractivity contribution in [2.75, 3.05) is 17.4 Å². The first-order chi connectivity index (χ1) is 21.0. The van der Waals surface area contributed by atoms with Crippen molar-refractivity contribution in [1.29, 1.82) is 0 Å². The topological polar surface area (TPSA) is 86.8 Å². The summed E-state index contributed by atoms with van der Waals surface area (Å²) in [6.07, 6.45) is 0.234. The van der Waals surface area contributed by atoms with Gasteiger partial charge in [0.25, 0.3) is 10.0 Å². The van der Waals surface area contributed by atoms with Gasteiger partial charge < -0.3 is 10.2 Å². The lowest BCUT2D eigenvalue weighted by Crippen LogP contribution is -2.53. The molecule has 4 aromatic rings. The number of hydrogen-bond acceptors (Lipinski definition) is 4. The maximum absolute atomic E-state index is 14.4. The highest BCUT2D eigenvalue weighted by Gasteiger charge is 2.34. The van der Waals surface area contributed by atoms with Crippen LogP contribution in [0.4, 0.5) is 5.69 Å². The Morgan fingerprint density at radius 1 is 0.795 bits per heavy atom. The van der Waals surface area contributed by atoms with Gasteiger partial charge in [0.15, 0.2) is 0 Å². The zero-order valence-corrected chi connectivity index (χ0v) is 27.2. The first-order valence-corrected chi connectivity index (χ1v) is 16.4. The second-order valence-corrected chi connectivity index (χ2v) is 13.3. The first-order valence-electron chi connectivity index (χ1n) is 14.2. The summed E-state index contributed by atoms with van der Waals surface area (Å²) < 4.78 is 29.2. The molecule has 0 aromatic heterocycles. The van der Waals surface area contributed by atoms with Gasteiger partial charge in [-0.3, -0.25) is 13.9 Å². The summed E-state index contributed by atoms with van der Waals surface area (Å²) in [5.74, 6) is -0.901. The van der Waals surface area contributed by atoms with Crippen LogP contribution >= 0.6 is 23.2 Å². The van der Waals surface area contributed by atoms with Crippen LogP contribution in [0.1, 0.15) is 29.2 Å². The molecule has 44 heavy (non-hydrogen) atoms. The molecule has 4 aromatic carbocycles. The van der Waals surface area contributed by atoms with E-state index in [1.165, 1.54) is 35.2 Å². The fraction of sp³-hybridized carbons (Fsp3) is 0.235. The second kappa shape index (κ2) is 14.8. The van der Waals surface area contributed by atoms with E-state index in [-0.39, 0.29) is 39.5 Å². The van der Waals surface area contributed by atoms with Crippen LogP contribution in [-0.4, -0.2) is 44.3 Å². The van der Waals surface area contributed by atoms with Crippen LogP contribution in [0.25, 0.3) is 0 Å². The van der Waals surface area contributed by atoms with E-state index < -0.39 is 28.5 Å². The van der Waals surface area contributed by atoms with E-state index in [1.807, 2.05) is 75.4 Å². The van der Waals surface area contributed by atoms with Gasteiger partial charge in [-0.2, -0.15) is 0 Å². The smallest absolute Gasteiger partial charge is 0.264 e. The van der Waals surface area contributed by atoms with Gasteiger partial charge in [0.05, 0.1) is 10.6 Å². The zero-order chi connectivity index (χ0) is 31.9. The van der Waals surface area contributed by atoms with Crippen molar-refractivity contribution in [3.05, 3.63) is 129 Å². The fourth-order valence-electron chi connectivity index (χ4n) is 4.90. The van der Waals surface area contributed by atoms with E-state index in [0.29, 0.717) is 6.54 Å². The third-order valence-corrected chi connectivity index (χ3v) is 9.31. The predicted octanol–water partition coefficient (Wildman–Crippen LogP) is 6.58. The van der Waals surface area contributed by atoms with Crippen LogP contribution < -0.4 is 9.62 Å². The van der Waals surface area contributed by atoms with Gasteiger partial charge in [-0.15, -0.1) is 0 Å². The Kier molecular flexibility index (Phi) is 11.1. The highest BCUT2D eigenvalue weighted by Crippen LogP contribution is 2.30. The van der Waals surface area contributed by atoms with Crippen molar-refractivity contribution in [2.45, 2.75) is 44.7 Å². The minimum absolute atomic E-state index is 0.00166. The predicted molar refractivity (Wildman–Crippen MR) is 177 cm³/mol. The van der Waals surface area contributed by atoms with Gasteiger partial charge in [0, 0.05) is 29.6 Å². The number of likely N-dealkylation sites (N-methyl/N-ethyl adjacent to an activating group) is 1. The molecule has 1 N–H and O–H groups in total. The van der Waals surface area contributed by atoms with E-state index in [9.17, 15) is 18.0 Å². The quantitative estimate of drug-likeness (QED) is 0.187. The Bertz CT molecular complexity index is 1690. The first kappa shape index (κ1) is 33.1. The molecule has 10 heteroatoms.